The van der Waals surface area contributed by atoms with Crippen LogP contribution in [0.4, 0.5) is 10.1 Å². The zero-order valence-corrected chi connectivity index (χ0v) is 12.3. The molecule has 0 amide bonds. The summed E-state index contributed by atoms with van der Waals surface area (Å²) in [6, 6.07) is 6.80. The van der Waals surface area contributed by atoms with E-state index in [4.69, 9.17) is 0 Å². The van der Waals surface area contributed by atoms with Crippen LogP contribution in [0.2, 0.25) is 0 Å². The zero-order chi connectivity index (χ0) is 14.5. The summed E-state index contributed by atoms with van der Waals surface area (Å²) < 4.78 is 13.2. The number of rotatable bonds is 7. The normalized spacial score (nSPS) is 14.5. The Morgan fingerprint density at radius 2 is 2.11 bits per heavy atom. The van der Waals surface area contributed by atoms with Crippen molar-refractivity contribution in [1.82, 2.24) is 5.32 Å². The van der Waals surface area contributed by atoms with Crippen molar-refractivity contribution in [3.05, 3.63) is 30.1 Å². The lowest BCUT2D eigenvalue weighted by atomic mass is 10.1. The third kappa shape index (κ3) is 5.57. The highest BCUT2D eigenvalue weighted by molar-refractivity contribution is 5.46. The van der Waals surface area contributed by atoms with E-state index in [1.807, 2.05) is 31.7 Å². The number of anilines is 1. The molecule has 2 N–H and O–H groups in total. The van der Waals surface area contributed by atoms with Gasteiger partial charge in [0, 0.05) is 31.4 Å². The van der Waals surface area contributed by atoms with Crippen molar-refractivity contribution in [3.8, 4) is 0 Å². The van der Waals surface area contributed by atoms with Crippen molar-refractivity contribution in [3.63, 3.8) is 0 Å². The number of nitrogens with one attached hydrogen (secondary N) is 1. The minimum Gasteiger partial charge on any atom is -0.387 e. The van der Waals surface area contributed by atoms with Gasteiger partial charge in [-0.2, -0.15) is 0 Å². The highest BCUT2D eigenvalue weighted by Gasteiger charge is 2.24. The van der Waals surface area contributed by atoms with Gasteiger partial charge in [0.1, 0.15) is 5.82 Å². The summed E-state index contributed by atoms with van der Waals surface area (Å²) in [5, 5.41) is 13.6. The molecule has 1 aromatic rings. The molecule has 0 aliphatic heterocycles. The summed E-state index contributed by atoms with van der Waals surface area (Å²) in [7, 11) is 0. The zero-order valence-electron chi connectivity index (χ0n) is 12.3. The van der Waals surface area contributed by atoms with Gasteiger partial charge in [-0.25, -0.2) is 4.39 Å². The van der Waals surface area contributed by atoms with Crippen LogP contribution in [0.15, 0.2) is 24.3 Å². The van der Waals surface area contributed by atoms with Crippen LogP contribution in [0.3, 0.4) is 0 Å². The number of benzene rings is 1. The number of likely N-dealkylation sites (N-methyl/N-ethyl adjacent to an activating group) is 1. The van der Waals surface area contributed by atoms with Crippen molar-refractivity contribution in [1.29, 1.82) is 0 Å². The fourth-order valence-electron chi connectivity index (χ4n) is 1.95. The molecule has 108 valence electrons. The fourth-order valence-corrected chi connectivity index (χ4v) is 1.95. The lowest BCUT2D eigenvalue weighted by molar-refractivity contribution is 0.0647. The number of halogens is 1. The first kappa shape index (κ1) is 15.9. The van der Waals surface area contributed by atoms with Gasteiger partial charge in [-0.3, -0.25) is 0 Å². The summed E-state index contributed by atoms with van der Waals surface area (Å²) in [5.41, 5.74) is -0.0561. The average Bonchev–Trinajstić information content (AvgIpc) is 2.34. The van der Waals surface area contributed by atoms with Crippen LogP contribution in [0, 0.1) is 5.82 Å². The Morgan fingerprint density at radius 1 is 1.42 bits per heavy atom. The van der Waals surface area contributed by atoms with Crippen LogP contribution in [-0.2, 0) is 0 Å². The van der Waals surface area contributed by atoms with Crippen LogP contribution in [0.25, 0.3) is 0 Å². The van der Waals surface area contributed by atoms with Crippen molar-refractivity contribution < 1.29 is 9.50 Å². The van der Waals surface area contributed by atoms with Gasteiger partial charge in [0.05, 0.1) is 5.60 Å². The minimum absolute atomic E-state index is 0.254. The summed E-state index contributed by atoms with van der Waals surface area (Å²) in [6.07, 6.45) is 0. The highest BCUT2D eigenvalue weighted by Crippen LogP contribution is 2.18. The second-order valence-corrected chi connectivity index (χ2v) is 5.53. The molecule has 0 heterocycles. The maximum absolute atomic E-state index is 13.2. The third-order valence-corrected chi connectivity index (χ3v) is 2.98. The largest absolute Gasteiger partial charge is 0.387 e. The maximum atomic E-state index is 13.2. The highest BCUT2D eigenvalue weighted by atomic mass is 19.1. The first-order valence-electron chi connectivity index (χ1n) is 6.80. The molecule has 19 heavy (non-hydrogen) atoms. The topological polar surface area (TPSA) is 35.5 Å². The molecule has 0 fully saturated rings. The first-order valence-corrected chi connectivity index (χ1v) is 6.80. The van der Waals surface area contributed by atoms with Gasteiger partial charge in [-0.05, 0) is 32.0 Å². The lowest BCUT2D eigenvalue weighted by Gasteiger charge is -2.33. The smallest absolute Gasteiger partial charge is 0.125 e. The molecule has 1 aromatic carbocycles. The quantitative estimate of drug-likeness (QED) is 0.797. The molecule has 0 bridgehead atoms. The lowest BCUT2D eigenvalue weighted by Crippen LogP contribution is -2.49. The SMILES string of the molecule is CCN(CC(C)(O)CNC(C)C)c1cccc(F)c1. The summed E-state index contributed by atoms with van der Waals surface area (Å²) in [4.78, 5) is 1.98. The number of hydrogen-bond acceptors (Lipinski definition) is 3. The van der Waals surface area contributed by atoms with Gasteiger partial charge in [-0.15, -0.1) is 0 Å². The fraction of sp³-hybridized carbons (Fsp3) is 0.600. The van der Waals surface area contributed by atoms with Crippen LogP contribution in [0.1, 0.15) is 27.7 Å². The van der Waals surface area contributed by atoms with E-state index in [2.05, 4.69) is 5.32 Å². The van der Waals surface area contributed by atoms with Crippen molar-refractivity contribution >= 4 is 5.69 Å². The number of aliphatic hydroxyl groups is 1. The predicted octanol–water partition coefficient (Wildman–Crippen LogP) is 2.40. The van der Waals surface area contributed by atoms with E-state index in [0.29, 0.717) is 19.1 Å². The molecule has 0 aliphatic rings. The molecule has 3 nitrogen and oxygen atoms in total. The third-order valence-electron chi connectivity index (χ3n) is 2.98. The molecule has 0 saturated carbocycles. The molecule has 0 spiro atoms. The Balaban J connectivity index is 2.70. The first-order chi connectivity index (χ1) is 8.84. The summed E-state index contributed by atoms with van der Waals surface area (Å²) in [5.74, 6) is -0.254. The Kier molecular flexibility index (Phi) is 5.76. The van der Waals surface area contributed by atoms with E-state index in [1.54, 1.807) is 13.0 Å². The van der Waals surface area contributed by atoms with Crippen molar-refractivity contribution in [2.45, 2.75) is 39.3 Å². The molecule has 1 atom stereocenters. The molecule has 1 rings (SSSR count). The van der Waals surface area contributed by atoms with Gasteiger partial charge in [0.25, 0.3) is 0 Å². The Hall–Kier alpha value is -1.13. The van der Waals surface area contributed by atoms with Gasteiger partial charge in [0.2, 0.25) is 0 Å². The molecule has 4 heteroatoms. The molecule has 0 radical (unpaired) electrons. The summed E-state index contributed by atoms with van der Waals surface area (Å²) >= 11 is 0. The van der Waals surface area contributed by atoms with E-state index in [-0.39, 0.29) is 5.82 Å². The maximum Gasteiger partial charge on any atom is 0.125 e. The van der Waals surface area contributed by atoms with E-state index < -0.39 is 5.60 Å². The van der Waals surface area contributed by atoms with E-state index in [1.165, 1.54) is 12.1 Å². The predicted molar refractivity (Wildman–Crippen MR) is 78.0 cm³/mol. The monoisotopic (exact) mass is 268 g/mol. The Morgan fingerprint density at radius 3 is 2.63 bits per heavy atom. The standard InChI is InChI=1S/C15H25FN2O/c1-5-18(14-8-6-7-13(16)9-14)11-15(4,19)10-17-12(2)3/h6-9,12,17,19H,5,10-11H2,1-4H3. The second kappa shape index (κ2) is 6.87. The Bertz CT molecular complexity index is 393. The number of hydrogen-bond donors (Lipinski definition) is 2. The molecule has 1 unspecified atom stereocenters. The van der Waals surface area contributed by atoms with Gasteiger partial charge in [0.15, 0.2) is 0 Å². The molecule has 0 aromatic heterocycles. The van der Waals surface area contributed by atoms with Gasteiger partial charge in [-0.1, -0.05) is 19.9 Å². The van der Waals surface area contributed by atoms with Gasteiger partial charge < -0.3 is 15.3 Å². The van der Waals surface area contributed by atoms with Crippen molar-refractivity contribution in [2.24, 2.45) is 0 Å². The van der Waals surface area contributed by atoms with Crippen LogP contribution in [-0.4, -0.2) is 36.4 Å². The van der Waals surface area contributed by atoms with E-state index in [0.717, 1.165) is 12.2 Å². The van der Waals surface area contributed by atoms with E-state index >= 15 is 0 Å². The van der Waals surface area contributed by atoms with Crippen LogP contribution in [0.5, 0.6) is 0 Å². The van der Waals surface area contributed by atoms with E-state index in [9.17, 15) is 9.50 Å². The minimum atomic E-state index is -0.855. The van der Waals surface area contributed by atoms with Crippen molar-refractivity contribution in [2.75, 3.05) is 24.5 Å². The molecule has 0 aliphatic carbocycles. The van der Waals surface area contributed by atoms with Crippen LogP contribution >= 0.6 is 0 Å². The number of nitrogens with zero attached hydrogens (tertiary/aromatic N) is 1. The van der Waals surface area contributed by atoms with Gasteiger partial charge >= 0.3 is 0 Å². The molecular weight excluding hydrogens is 243 g/mol. The van der Waals surface area contributed by atoms with Crippen LogP contribution < -0.4 is 10.2 Å². The Labute approximate surface area is 115 Å². The second-order valence-electron chi connectivity index (χ2n) is 5.53. The molecule has 0 saturated heterocycles. The average molecular weight is 268 g/mol. The summed E-state index contributed by atoms with van der Waals surface area (Å²) in [6.45, 7) is 9.58. The molecular formula is C15H25FN2O.